The van der Waals surface area contributed by atoms with Crippen LogP contribution in [0.15, 0.2) is 6.33 Å². The van der Waals surface area contributed by atoms with Gasteiger partial charge in [0.1, 0.15) is 12.2 Å². The minimum atomic E-state index is 0.559. The molecule has 0 spiro atoms. The van der Waals surface area contributed by atoms with E-state index in [2.05, 4.69) is 33.9 Å². The normalized spacial score (nSPS) is 21.6. The lowest BCUT2D eigenvalue weighted by atomic mass is 9.99. The van der Waals surface area contributed by atoms with Crippen molar-refractivity contribution in [1.82, 2.24) is 20.1 Å². The predicted octanol–water partition coefficient (Wildman–Crippen LogP) is 1.79. The number of hydrogen-bond donors (Lipinski definition) is 1. The fourth-order valence-electron chi connectivity index (χ4n) is 2.22. The molecule has 1 fully saturated rings. The summed E-state index contributed by atoms with van der Waals surface area (Å²) in [5.41, 5.74) is 0. The molecule has 4 nitrogen and oxygen atoms in total. The Morgan fingerprint density at radius 1 is 1.56 bits per heavy atom. The maximum atomic E-state index is 4.29. The van der Waals surface area contributed by atoms with Crippen LogP contribution in [0.4, 0.5) is 0 Å². The molecule has 90 valence electrons. The van der Waals surface area contributed by atoms with Gasteiger partial charge in [-0.05, 0) is 31.7 Å². The first-order valence-corrected chi connectivity index (χ1v) is 6.36. The maximum absolute atomic E-state index is 4.29. The van der Waals surface area contributed by atoms with Crippen molar-refractivity contribution in [3.05, 3.63) is 12.2 Å². The summed E-state index contributed by atoms with van der Waals surface area (Å²) < 4.78 is 2.23. The summed E-state index contributed by atoms with van der Waals surface area (Å²) in [6, 6.07) is 0. The molecule has 1 N–H and O–H groups in total. The topological polar surface area (TPSA) is 42.7 Å². The highest BCUT2D eigenvalue weighted by atomic mass is 15.3. The number of piperidine rings is 1. The smallest absolute Gasteiger partial charge is 0.137 e. The van der Waals surface area contributed by atoms with Crippen LogP contribution in [-0.2, 0) is 6.54 Å². The Balaban J connectivity index is 2.00. The minimum absolute atomic E-state index is 0.559. The molecule has 16 heavy (non-hydrogen) atoms. The lowest BCUT2D eigenvalue weighted by Gasteiger charge is -2.22. The molecule has 0 aliphatic carbocycles. The Bertz CT molecular complexity index is 313. The fourth-order valence-corrected chi connectivity index (χ4v) is 2.22. The molecule has 0 radical (unpaired) electrons. The Hall–Kier alpha value is -0.900. The Labute approximate surface area is 97.5 Å². The van der Waals surface area contributed by atoms with Gasteiger partial charge >= 0.3 is 0 Å². The van der Waals surface area contributed by atoms with Crippen LogP contribution in [0.1, 0.15) is 44.9 Å². The summed E-state index contributed by atoms with van der Waals surface area (Å²) in [6.07, 6.45) is 5.58. The second kappa shape index (κ2) is 5.43. The number of nitrogens with zero attached hydrogens (tertiary/aromatic N) is 3. The van der Waals surface area contributed by atoms with E-state index in [9.17, 15) is 0 Å². The molecule has 0 aromatic carbocycles. The van der Waals surface area contributed by atoms with Crippen molar-refractivity contribution >= 4 is 0 Å². The van der Waals surface area contributed by atoms with Gasteiger partial charge in [0.25, 0.3) is 0 Å². The number of rotatable bonds is 4. The molecule has 2 rings (SSSR count). The van der Waals surface area contributed by atoms with Crippen LogP contribution in [-0.4, -0.2) is 27.9 Å². The van der Waals surface area contributed by atoms with Crippen molar-refractivity contribution in [3.63, 3.8) is 0 Å². The second-order valence-electron chi connectivity index (χ2n) is 5.11. The SMILES string of the molecule is CC(C)CCn1cnnc1C1CCCNC1. The van der Waals surface area contributed by atoms with Crippen molar-refractivity contribution < 1.29 is 0 Å². The van der Waals surface area contributed by atoms with Gasteiger partial charge in [-0.2, -0.15) is 0 Å². The first kappa shape index (κ1) is 11.6. The van der Waals surface area contributed by atoms with Gasteiger partial charge in [-0.3, -0.25) is 0 Å². The molecule has 1 saturated heterocycles. The zero-order chi connectivity index (χ0) is 11.4. The monoisotopic (exact) mass is 222 g/mol. The Morgan fingerprint density at radius 3 is 3.12 bits per heavy atom. The van der Waals surface area contributed by atoms with Gasteiger partial charge in [-0.15, -0.1) is 10.2 Å². The van der Waals surface area contributed by atoms with E-state index in [1.807, 2.05) is 6.33 Å². The van der Waals surface area contributed by atoms with Crippen molar-refractivity contribution in [2.45, 2.75) is 45.6 Å². The van der Waals surface area contributed by atoms with Gasteiger partial charge in [0.05, 0.1) is 0 Å². The lowest BCUT2D eigenvalue weighted by Crippen LogP contribution is -2.30. The van der Waals surface area contributed by atoms with Gasteiger partial charge in [0, 0.05) is 19.0 Å². The molecule has 1 aliphatic rings. The van der Waals surface area contributed by atoms with E-state index in [1.54, 1.807) is 0 Å². The quantitative estimate of drug-likeness (QED) is 0.844. The van der Waals surface area contributed by atoms with E-state index in [4.69, 9.17) is 0 Å². The van der Waals surface area contributed by atoms with E-state index in [-0.39, 0.29) is 0 Å². The van der Waals surface area contributed by atoms with Gasteiger partial charge in [0.15, 0.2) is 0 Å². The van der Waals surface area contributed by atoms with E-state index in [1.165, 1.54) is 25.1 Å². The maximum Gasteiger partial charge on any atom is 0.137 e. The first-order valence-electron chi connectivity index (χ1n) is 6.36. The molecule has 2 heterocycles. The summed E-state index contributed by atoms with van der Waals surface area (Å²) in [6.45, 7) is 7.77. The van der Waals surface area contributed by atoms with Gasteiger partial charge in [-0.1, -0.05) is 13.8 Å². The third kappa shape index (κ3) is 2.82. The zero-order valence-electron chi connectivity index (χ0n) is 10.3. The second-order valence-corrected chi connectivity index (χ2v) is 5.11. The molecule has 1 aliphatic heterocycles. The standard InChI is InChI=1S/C12H22N4/c1-10(2)5-7-16-9-14-15-12(16)11-4-3-6-13-8-11/h9-11,13H,3-8H2,1-2H3. The highest BCUT2D eigenvalue weighted by Crippen LogP contribution is 2.21. The van der Waals surface area contributed by atoms with Crippen LogP contribution in [0, 0.1) is 5.92 Å². The van der Waals surface area contributed by atoms with E-state index in [0.29, 0.717) is 5.92 Å². The molecule has 0 bridgehead atoms. The van der Waals surface area contributed by atoms with E-state index < -0.39 is 0 Å². The van der Waals surface area contributed by atoms with Crippen LogP contribution < -0.4 is 5.32 Å². The summed E-state index contributed by atoms with van der Waals surface area (Å²) >= 11 is 0. The van der Waals surface area contributed by atoms with Crippen LogP contribution >= 0.6 is 0 Å². The van der Waals surface area contributed by atoms with Gasteiger partial charge in [-0.25, -0.2) is 0 Å². The van der Waals surface area contributed by atoms with Crippen molar-refractivity contribution in [1.29, 1.82) is 0 Å². The van der Waals surface area contributed by atoms with E-state index >= 15 is 0 Å². The summed E-state index contributed by atoms with van der Waals surface area (Å²) in [4.78, 5) is 0. The Kier molecular flexibility index (Phi) is 3.93. The average molecular weight is 222 g/mol. The van der Waals surface area contributed by atoms with Crippen molar-refractivity contribution in [2.24, 2.45) is 5.92 Å². The summed E-state index contributed by atoms with van der Waals surface area (Å²) in [7, 11) is 0. The summed E-state index contributed by atoms with van der Waals surface area (Å²) in [5.74, 6) is 2.47. The van der Waals surface area contributed by atoms with Crippen LogP contribution in [0.5, 0.6) is 0 Å². The predicted molar refractivity (Wildman–Crippen MR) is 64.3 cm³/mol. The molecular formula is C12H22N4. The minimum Gasteiger partial charge on any atom is -0.317 e. The van der Waals surface area contributed by atoms with Crippen LogP contribution in [0.25, 0.3) is 0 Å². The third-order valence-corrected chi connectivity index (χ3v) is 3.25. The number of nitrogens with one attached hydrogen (secondary N) is 1. The largest absolute Gasteiger partial charge is 0.317 e. The van der Waals surface area contributed by atoms with Crippen molar-refractivity contribution in [2.75, 3.05) is 13.1 Å². The molecule has 1 atom stereocenters. The lowest BCUT2D eigenvalue weighted by molar-refractivity contribution is 0.421. The van der Waals surface area contributed by atoms with Crippen LogP contribution in [0.2, 0.25) is 0 Å². The first-order chi connectivity index (χ1) is 7.77. The molecule has 1 aromatic rings. The van der Waals surface area contributed by atoms with Gasteiger partial charge in [0.2, 0.25) is 0 Å². The highest BCUT2D eigenvalue weighted by Gasteiger charge is 2.20. The highest BCUT2D eigenvalue weighted by molar-refractivity contribution is 4.99. The number of aryl methyl sites for hydroxylation is 1. The molecule has 0 saturated carbocycles. The molecular weight excluding hydrogens is 200 g/mol. The summed E-state index contributed by atoms with van der Waals surface area (Å²) in [5, 5.41) is 11.8. The molecule has 0 amide bonds. The molecule has 1 unspecified atom stereocenters. The zero-order valence-corrected chi connectivity index (χ0v) is 10.3. The van der Waals surface area contributed by atoms with Gasteiger partial charge < -0.3 is 9.88 Å². The Morgan fingerprint density at radius 2 is 2.44 bits per heavy atom. The molecule has 4 heteroatoms. The number of aromatic nitrogens is 3. The fraction of sp³-hybridized carbons (Fsp3) is 0.833. The molecule has 1 aromatic heterocycles. The third-order valence-electron chi connectivity index (χ3n) is 3.25. The number of hydrogen-bond acceptors (Lipinski definition) is 3. The van der Waals surface area contributed by atoms with E-state index in [0.717, 1.165) is 25.6 Å². The average Bonchev–Trinajstić information content (AvgIpc) is 2.75. The van der Waals surface area contributed by atoms with Crippen molar-refractivity contribution in [3.8, 4) is 0 Å². The van der Waals surface area contributed by atoms with Crippen LogP contribution in [0.3, 0.4) is 0 Å².